The van der Waals surface area contributed by atoms with E-state index >= 15 is 0 Å². The van der Waals surface area contributed by atoms with Crippen LogP contribution in [-0.4, -0.2) is 36.7 Å². The lowest BCUT2D eigenvalue weighted by molar-refractivity contribution is -0.0639. The van der Waals surface area contributed by atoms with Gasteiger partial charge in [-0.1, -0.05) is 42.5 Å². The highest BCUT2D eigenvalue weighted by Crippen LogP contribution is 2.34. The number of nitrogens with one attached hydrogen (secondary N) is 2. The number of likely N-dealkylation sites (tertiary alicyclic amines) is 1. The first-order valence-corrected chi connectivity index (χ1v) is 9.55. The number of piperidine rings is 1. The molecular weight excluding hydrogens is 354 g/mol. The number of amides is 2. The van der Waals surface area contributed by atoms with Gasteiger partial charge in [-0.05, 0) is 29.3 Å². The van der Waals surface area contributed by atoms with E-state index in [4.69, 9.17) is 9.57 Å². The maximum absolute atomic E-state index is 12.5. The molecule has 2 aromatic carbocycles. The monoisotopic (exact) mass is 379 g/mol. The fourth-order valence-electron chi connectivity index (χ4n) is 3.61. The largest absolute Gasteiger partial charge is 0.497 e. The summed E-state index contributed by atoms with van der Waals surface area (Å²) in [4.78, 5) is 20.3. The Balaban J connectivity index is 1.30. The van der Waals surface area contributed by atoms with Gasteiger partial charge in [0.2, 0.25) is 0 Å². The SMILES string of the molecule is COc1ccc(CNC(=O)N2CCC3(C=C(c4ccccc4)NO3)CC2)cc1. The molecule has 2 N–H and O–H groups in total. The molecule has 6 heteroatoms. The van der Waals surface area contributed by atoms with Crippen LogP contribution in [0.5, 0.6) is 5.75 Å². The second-order valence-corrected chi connectivity index (χ2v) is 7.19. The van der Waals surface area contributed by atoms with E-state index < -0.39 is 0 Å². The van der Waals surface area contributed by atoms with Gasteiger partial charge >= 0.3 is 6.03 Å². The number of carbonyl (C=O) groups excluding carboxylic acids is 1. The highest BCUT2D eigenvalue weighted by molar-refractivity contribution is 5.74. The van der Waals surface area contributed by atoms with E-state index in [0.29, 0.717) is 19.6 Å². The van der Waals surface area contributed by atoms with Gasteiger partial charge in [0, 0.05) is 32.5 Å². The molecule has 6 nitrogen and oxygen atoms in total. The Kier molecular flexibility index (Phi) is 5.21. The summed E-state index contributed by atoms with van der Waals surface area (Å²) in [7, 11) is 1.64. The molecule has 2 aliphatic heterocycles. The second kappa shape index (κ2) is 7.94. The van der Waals surface area contributed by atoms with Gasteiger partial charge < -0.3 is 15.0 Å². The molecule has 0 bridgehead atoms. The molecule has 0 aliphatic carbocycles. The van der Waals surface area contributed by atoms with Crippen LogP contribution >= 0.6 is 0 Å². The molecular formula is C22H25N3O3. The number of benzene rings is 2. The van der Waals surface area contributed by atoms with Crippen molar-refractivity contribution in [1.82, 2.24) is 15.7 Å². The first-order chi connectivity index (χ1) is 13.7. The van der Waals surface area contributed by atoms with Gasteiger partial charge in [-0.25, -0.2) is 4.79 Å². The number of urea groups is 1. The average Bonchev–Trinajstić information content (AvgIpc) is 3.17. The Labute approximate surface area is 165 Å². The fourth-order valence-corrected chi connectivity index (χ4v) is 3.61. The van der Waals surface area contributed by atoms with Crippen molar-refractivity contribution in [2.24, 2.45) is 0 Å². The highest BCUT2D eigenvalue weighted by Gasteiger charge is 2.39. The lowest BCUT2D eigenvalue weighted by atomic mass is 9.90. The minimum atomic E-state index is -0.335. The summed E-state index contributed by atoms with van der Waals surface area (Å²) in [6, 6.07) is 17.8. The average molecular weight is 379 g/mol. The van der Waals surface area contributed by atoms with Gasteiger partial charge in [0.25, 0.3) is 0 Å². The summed E-state index contributed by atoms with van der Waals surface area (Å²) in [5, 5.41) is 2.99. The number of rotatable bonds is 4. The van der Waals surface area contributed by atoms with Crippen molar-refractivity contribution in [3.63, 3.8) is 0 Å². The van der Waals surface area contributed by atoms with Crippen LogP contribution in [0, 0.1) is 0 Å². The van der Waals surface area contributed by atoms with Crippen molar-refractivity contribution in [1.29, 1.82) is 0 Å². The van der Waals surface area contributed by atoms with Crippen LogP contribution in [-0.2, 0) is 11.4 Å². The third-order valence-corrected chi connectivity index (χ3v) is 5.36. The predicted octanol–water partition coefficient (Wildman–Crippen LogP) is 3.32. The van der Waals surface area contributed by atoms with E-state index in [2.05, 4.69) is 29.0 Å². The van der Waals surface area contributed by atoms with Crippen LogP contribution in [0.25, 0.3) is 5.70 Å². The summed E-state index contributed by atoms with van der Waals surface area (Å²) in [5.41, 5.74) is 5.88. The molecule has 0 aromatic heterocycles. The number of hydroxylamine groups is 1. The molecule has 2 aliphatic rings. The molecule has 0 radical (unpaired) electrons. The number of hydrogen-bond donors (Lipinski definition) is 2. The number of nitrogens with zero attached hydrogens (tertiary/aromatic N) is 1. The van der Waals surface area contributed by atoms with E-state index in [1.54, 1.807) is 7.11 Å². The molecule has 1 fully saturated rings. The number of carbonyl (C=O) groups is 1. The quantitative estimate of drug-likeness (QED) is 0.856. The van der Waals surface area contributed by atoms with Crippen LogP contribution < -0.4 is 15.5 Å². The summed E-state index contributed by atoms with van der Waals surface area (Å²) in [6.45, 7) is 1.82. The second-order valence-electron chi connectivity index (χ2n) is 7.19. The van der Waals surface area contributed by atoms with Crippen molar-refractivity contribution in [3.05, 3.63) is 71.8 Å². The molecule has 1 spiro atoms. The molecule has 28 heavy (non-hydrogen) atoms. The lowest BCUT2D eigenvalue weighted by Crippen LogP contribution is -2.49. The van der Waals surface area contributed by atoms with Crippen LogP contribution in [0.4, 0.5) is 4.79 Å². The third kappa shape index (κ3) is 3.97. The maximum atomic E-state index is 12.5. The van der Waals surface area contributed by atoms with E-state index in [1.807, 2.05) is 47.4 Å². The Morgan fingerprint density at radius 1 is 1.14 bits per heavy atom. The smallest absolute Gasteiger partial charge is 0.317 e. The van der Waals surface area contributed by atoms with Gasteiger partial charge in [0.15, 0.2) is 0 Å². The third-order valence-electron chi connectivity index (χ3n) is 5.36. The van der Waals surface area contributed by atoms with Gasteiger partial charge in [-0.2, -0.15) is 0 Å². The zero-order chi connectivity index (χ0) is 19.4. The number of hydrogen-bond acceptors (Lipinski definition) is 4. The molecule has 2 aromatic rings. The van der Waals surface area contributed by atoms with E-state index in [-0.39, 0.29) is 11.6 Å². The minimum absolute atomic E-state index is 0.0381. The molecule has 0 unspecified atom stereocenters. The molecule has 0 atom stereocenters. The standard InChI is InChI=1S/C22H25N3O3/c1-27-19-9-7-17(8-10-19)16-23-21(26)25-13-11-22(12-14-25)15-20(24-28-22)18-5-3-2-4-6-18/h2-10,15,24H,11-14,16H2,1H3,(H,23,26). The Hall–Kier alpha value is -2.99. The van der Waals surface area contributed by atoms with Gasteiger partial charge in [-0.15, -0.1) is 0 Å². The number of ether oxygens (including phenoxy) is 1. The summed E-state index contributed by atoms with van der Waals surface area (Å²) in [5.74, 6) is 0.810. The van der Waals surface area contributed by atoms with Crippen molar-refractivity contribution in [2.45, 2.75) is 25.0 Å². The van der Waals surface area contributed by atoms with Crippen molar-refractivity contribution in [2.75, 3.05) is 20.2 Å². The molecule has 146 valence electrons. The van der Waals surface area contributed by atoms with Crippen molar-refractivity contribution in [3.8, 4) is 5.75 Å². The molecule has 0 saturated carbocycles. The summed E-state index contributed by atoms with van der Waals surface area (Å²) in [6.07, 6.45) is 3.70. The zero-order valence-corrected chi connectivity index (χ0v) is 16.0. The first kappa shape index (κ1) is 18.4. The van der Waals surface area contributed by atoms with E-state index in [1.165, 1.54) is 0 Å². The lowest BCUT2D eigenvalue weighted by Gasteiger charge is -2.36. The van der Waals surface area contributed by atoms with Crippen LogP contribution in [0.15, 0.2) is 60.7 Å². The Morgan fingerprint density at radius 2 is 1.86 bits per heavy atom. The van der Waals surface area contributed by atoms with Crippen molar-refractivity contribution < 1.29 is 14.4 Å². The molecule has 1 saturated heterocycles. The normalized spacial score (nSPS) is 17.8. The zero-order valence-electron chi connectivity index (χ0n) is 16.0. The summed E-state index contributed by atoms with van der Waals surface area (Å²) < 4.78 is 5.15. The predicted molar refractivity (Wildman–Crippen MR) is 107 cm³/mol. The van der Waals surface area contributed by atoms with E-state index in [0.717, 1.165) is 35.4 Å². The van der Waals surface area contributed by atoms with E-state index in [9.17, 15) is 4.79 Å². The minimum Gasteiger partial charge on any atom is -0.497 e. The topological polar surface area (TPSA) is 62.8 Å². The van der Waals surface area contributed by atoms with Gasteiger partial charge in [0.1, 0.15) is 11.4 Å². The molecule has 4 rings (SSSR count). The van der Waals surface area contributed by atoms with Crippen molar-refractivity contribution >= 4 is 11.7 Å². The maximum Gasteiger partial charge on any atom is 0.317 e. The summed E-state index contributed by atoms with van der Waals surface area (Å²) >= 11 is 0. The van der Waals surface area contributed by atoms with Gasteiger partial charge in [-0.3, -0.25) is 10.3 Å². The molecule has 2 heterocycles. The first-order valence-electron chi connectivity index (χ1n) is 9.55. The molecule has 2 amide bonds. The van der Waals surface area contributed by atoms with Gasteiger partial charge in [0.05, 0.1) is 12.8 Å². The van der Waals surface area contributed by atoms with Crippen LogP contribution in [0.3, 0.4) is 0 Å². The Bertz CT molecular complexity index is 841. The van der Waals surface area contributed by atoms with Crippen LogP contribution in [0.1, 0.15) is 24.0 Å². The number of methoxy groups -OCH3 is 1. The fraction of sp³-hybridized carbons (Fsp3) is 0.318. The highest BCUT2D eigenvalue weighted by atomic mass is 16.7. The van der Waals surface area contributed by atoms with Crippen LogP contribution in [0.2, 0.25) is 0 Å². The Morgan fingerprint density at radius 3 is 2.54 bits per heavy atom.